The lowest BCUT2D eigenvalue weighted by molar-refractivity contribution is -0.116. The number of halogens is 1. The van der Waals surface area contributed by atoms with E-state index in [-0.39, 0.29) is 28.8 Å². The monoisotopic (exact) mass is 532 g/mol. The molecule has 5 nitrogen and oxygen atoms in total. The molecular weight excluding hydrogens is 499 g/mol. The van der Waals surface area contributed by atoms with E-state index in [1.807, 2.05) is 47.4 Å². The number of para-hydroxylation sites is 2. The van der Waals surface area contributed by atoms with Gasteiger partial charge in [-0.15, -0.1) is 0 Å². The van der Waals surface area contributed by atoms with E-state index < -0.39 is 0 Å². The number of Topliss-reactive ketones (excluding diaryl/α,β-unsaturated/α-hetero) is 1. The Morgan fingerprint density at radius 1 is 0.947 bits per heavy atom. The van der Waals surface area contributed by atoms with Crippen LogP contribution in [0.4, 0.5) is 10.1 Å². The average molecular weight is 533 g/mol. The molecule has 1 unspecified atom stereocenters. The van der Waals surface area contributed by atoms with Gasteiger partial charge in [-0.3, -0.25) is 14.5 Å². The van der Waals surface area contributed by atoms with E-state index in [1.54, 1.807) is 30.8 Å². The molecule has 0 bridgehead atoms. The number of carbonyl (C=O) groups is 2. The number of ketones is 1. The lowest BCUT2D eigenvalue weighted by Gasteiger charge is -2.31. The van der Waals surface area contributed by atoms with Crippen LogP contribution in [0.1, 0.15) is 53.9 Å². The van der Waals surface area contributed by atoms with Gasteiger partial charge in [-0.1, -0.05) is 42.1 Å². The van der Waals surface area contributed by atoms with E-state index >= 15 is 0 Å². The number of ether oxygens (including phenoxy) is 1. The van der Waals surface area contributed by atoms with E-state index in [2.05, 4.69) is 11.0 Å². The normalized spacial score (nSPS) is 17.8. The molecule has 2 aliphatic heterocycles. The molecule has 1 saturated heterocycles. The number of rotatable bonds is 9. The highest BCUT2D eigenvalue weighted by molar-refractivity contribution is 8.00. The zero-order chi connectivity index (χ0) is 26.5. The Kier molecular flexibility index (Phi) is 8.45. The number of hydrogen-bond donors (Lipinski definition) is 0. The number of anilines is 1. The predicted molar refractivity (Wildman–Crippen MR) is 149 cm³/mol. The van der Waals surface area contributed by atoms with Crippen LogP contribution in [0.3, 0.4) is 0 Å². The summed E-state index contributed by atoms with van der Waals surface area (Å²) in [6.07, 6.45) is 3.63. The number of amides is 1. The van der Waals surface area contributed by atoms with Crippen molar-refractivity contribution in [3.8, 4) is 5.75 Å². The Morgan fingerprint density at radius 3 is 2.42 bits per heavy atom. The topological polar surface area (TPSA) is 49.9 Å². The van der Waals surface area contributed by atoms with Crippen molar-refractivity contribution in [3.63, 3.8) is 0 Å². The molecule has 0 radical (unpaired) electrons. The second kappa shape index (κ2) is 12.1. The van der Waals surface area contributed by atoms with Crippen molar-refractivity contribution in [2.75, 3.05) is 31.1 Å². The molecule has 1 amide bonds. The van der Waals surface area contributed by atoms with Gasteiger partial charge in [0.05, 0.1) is 12.3 Å². The number of piperidine rings is 1. The maximum atomic E-state index is 13.2. The smallest absolute Gasteiger partial charge is 0.225 e. The van der Waals surface area contributed by atoms with Gasteiger partial charge in [0.1, 0.15) is 16.9 Å². The van der Waals surface area contributed by atoms with Crippen LogP contribution < -0.4 is 9.64 Å². The highest BCUT2D eigenvalue weighted by atomic mass is 32.2. The first-order valence-electron chi connectivity index (χ1n) is 13.3. The summed E-state index contributed by atoms with van der Waals surface area (Å²) in [5.41, 5.74) is 2.57. The summed E-state index contributed by atoms with van der Waals surface area (Å²) in [4.78, 5) is 30.6. The van der Waals surface area contributed by atoms with Crippen LogP contribution >= 0.6 is 11.8 Å². The molecule has 7 heteroatoms. The fourth-order valence-corrected chi connectivity index (χ4v) is 6.67. The minimum Gasteiger partial charge on any atom is -0.493 e. The fraction of sp³-hybridized carbons (Fsp3) is 0.355. The number of carbonyl (C=O) groups excluding carboxylic acids is 2. The van der Waals surface area contributed by atoms with Crippen molar-refractivity contribution in [2.24, 2.45) is 5.92 Å². The number of fused-ring (bicyclic) bond motifs is 1. The molecule has 0 aromatic heterocycles. The lowest BCUT2D eigenvalue weighted by atomic mass is 9.89. The van der Waals surface area contributed by atoms with Gasteiger partial charge in [-0.25, -0.2) is 4.39 Å². The van der Waals surface area contributed by atoms with Crippen LogP contribution in [0.25, 0.3) is 0 Å². The molecular formula is C31H33FN2O3S. The SMILES string of the molecule is CC(=O)N1c2ccccc2SC1c1ccccc1OCCCCN1CCC(C(=O)c2ccc(F)cc2)CC1. The Balaban J connectivity index is 1.08. The maximum Gasteiger partial charge on any atom is 0.225 e. The third kappa shape index (κ3) is 5.94. The van der Waals surface area contributed by atoms with Gasteiger partial charge < -0.3 is 9.64 Å². The standard InChI is InChI=1S/C31H33FN2O3S/c1-22(35)34-27-9-3-5-11-29(27)38-31(34)26-8-2-4-10-28(26)37-21-7-6-18-33-19-16-24(17-20-33)30(36)23-12-14-25(32)15-13-23/h2-5,8-15,24,31H,6-7,16-21H2,1H3. The summed E-state index contributed by atoms with van der Waals surface area (Å²) in [6.45, 7) is 5.01. The zero-order valence-electron chi connectivity index (χ0n) is 21.6. The molecule has 0 N–H and O–H groups in total. The van der Waals surface area contributed by atoms with E-state index in [0.29, 0.717) is 12.2 Å². The van der Waals surface area contributed by atoms with Gasteiger partial charge in [-0.2, -0.15) is 0 Å². The van der Waals surface area contributed by atoms with Crippen LogP contribution in [0.15, 0.2) is 77.7 Å². The Morgan fingerprint density at radius 2 is 1.66 bits per heavy atom. The highest BCUT2D eigenvalue weighted by Gasteiger charge is 2.35. The summed E-state index contributed by atoms with van der Waals surface area (Å²) in [7, 11) is 0. The van der Waals surface area contributed by atoms with Gasteiger partial charge in [0.2, 0.25) is 5.91 Å². The molecule has 0 aliphatic carbocycles. The van der Waals surface area contributed by atoms with Crippen LogP contribution in [0, 0.1) is 11.7 Å². The number of likely N-dealkylation sites (tertiary alicyclic amines) is 1. The lowest BCUT2D eigenvalue weighted by Crippen LogP contribution is -2.37. The predicted octanol–water partition coefficient (Wildman–Crippen LogP) is 6.74. The fourth-order valence-electron chi connectivity index (χ4n) is 5.30. The van der Waals surface area contributed by atoms with Gasteiger partial charge in [0.15, 0.2) is 5.78 Å². The van der Waals surface area contributed by atoms with Crippen molar-refractivity contribution in [2.45, 2.75) is 42.9 Å². The molecule has 3 aromatic carbocycles. The summed E-state index contributed by atoms with van der Waals surface area (Å²) in [5.74, 6) is 0.675. The zero-order valence-corrected chi connectivity index (χ0v) is 22.5. The van der Waals surface area contributed by atoms with E-state index in [9.17, 15) is 14.0 Å². The summed E-state index contributed by atoms with van der Waals surface area (Å²) in [6, 6.07) is 21.9. The summed E-state index contributed by atoms with van der Waals surface area (Å²) in [5, 5.41) is -0.139. The largest absolute Gasteiger partial charge is 0.493 e. The van der Waals surface area contributed by atoms with Crippen LogP contribution in [-0.4, -0.2) is 42.8 Å². The van der Waals surface area contributed by atoms with Crippen molar-refractivity contribution >= 4 is 29.1 Å². The first-order valence-corrected chi connectivity index (χ1v) is 14.2. The van der Waals surface area contributed by atoms with Crippen molar-refractivity contribution in [1.29, 1.82) is 0 Å². The molecule has 5 rings (SSSR count). The molecule has 3 aromatic rings. The second-order valence-corrected chi connectivity index (χ2v) is 11.0. The maximum absolute atomic E-state index is 13.2. The van der Waals surface area contributed by atoms with Crippen molar-refractivity contribution in [3.05, 3.63) is 89.7 Å². The molecule has 198 valence electrons. The molecule has 1 fully saturated rings. The van der Waals surface area contributed by atoms with Gasteiger partial charge in [-0.05, 0) is 87.8 Å². The highest BCUT2D eigenvalue weighted by Crippen LogP contribution is 2.52. The molecule has 0 saturated carbocycles. The van der Waals surface area contributed by atoms with E-state index in [0.717, 1.165) is 67.2 Å². The number of thioether (sulfide) groups is 1. The van der Waals surface area contributed by atoms with E-state index in [4.69, 9.17) is 4.74 Å². The molecule has 1 atom stereocenters. The van der Waals surface area contributed by atoms with Crippen LogP contribution in [-0.2, 0) is 4.79 Å². The van der Waals surface area contributed by atoms with E-state index in [1.165, 1.54) is 12.1 Å². The number of benzene rings is 3. The Bertz CT molecular complexity index is 1270. The second-order valence-electron chi connectivity index (χ2n) is 9.91. The van der Waals surface area contributed by atoms with Crippen LogP contribution in [0.5, 0.6) is 5.75 Å². The minimum absolute atomic E-state index is 0.0189. The minimum atomic E-state index is -0.315. The summed E-state index contributed by atoms with van der Waals surface area (Å²) < 4.78 is 19.4. The molecule has 0 spiro atoms. The first-order chi connectivity index (χ1) is 18.5. The first kappa shape index (κ1) is 26.4. The summed E-state index contributed by atoms with van der Waals surface area (Å²) >= 11 is 1.68. The van der Waals surface area contributed by atoms with Crippen LogP contribution in [0.2, 0.25) is 0 Å². The number of hydrogen-bond acceptors (Lipinski definition) is 5. The third-order valence-electron chi connectivity index (χ3n) is 7.34. The quantitative estimate of drug-likeness (QED) is 0.226. The van der Waals surface area contributed by atoms with Gasteiger partial charge >= 0.3 is 0 Å². The van der Waals surface area contributed by atoms with Gasteiger partial charge in [0, 0.05) is 28.9 Å². The average Bonchev–Trinajstić information content (AvgIpc) is 3.33. The van der Waals surface area contributed by atoms with Crippen molar-refractivity contribution < 1.29 is 18.7 Å². The van der Waals surface area contributed by atoms with Crippen molar-refractivity contribution in [1.82, 2.24) is 4.90 Å². The number of nitrogens with zero attached hydrogens (tertiary/aromatic N) is 2. The number of unbranched alkanes of at least 4 members (excludes halogenated alkanes) is 1. The third-order valence-corrected chi connectivity index (χ3v) is 8.62. The molecule has 2 heterocycles. The molecule has 38 heavy (non-hydrogen) atoms. The molecule has 2 aliphatic rings. The Labute approximate surface area is 228 Å². The van der Waals surface area contributed by atoms with Gasteiger partial charge in [0.25, 0.3) is 0 Å². The Hall–Kier alpha value is -3.16.